The predicted molar refractivity (Wildman–Crippen MR) is 41.3 cm³/mol. The standard InChI is InChI=1S/CNO2.3NO3/c1-2(3)4;3*2-1(3)4/q+3;3*-1. The summed E-state index contributed by atoms with van der Waals surface area (Å²) in [5, 5.41) is 52.7. The van der Waals surface area contributed by atoms with E-state index in [0.717, 1.165) is 0 Å². The minimum atomic E-state index is -1.75. The Morgan fingerprint density at radius 1 is 0.562 bits per heavy atom. The summed E-state index contributed by atoms with van der Waals surface area (Å²) < 4.78 is 0. The van der Waals surface area contributed by atoms with Crippen molar-refractivity contribution in [2.75, 3.05) is 0 Å². The first kappa shape index (κ1) is 23.1. The van der Waals surface area contributed by atoms with Gasteiger partial charge in [0.2, 0.25) is 0 Å². The summed E-state index contributed by atoms with van der Waals surface area (Å²) in [6.45, 7) is 0. The monoisotopic (exact) mass is 244 g/mol. The van der Waals surface area contributed by atoms with Gasteiger partial charge in [-0.05, 0) is 0 Å². The molecule has 0 heterocycles. The van der Waals surface area contributed by atoms with Crippen LogP contribution in [-0.2, 0) is 0 Å². The third kappa shape index (κ3) is 122. The molecule has 90 valence electrons. The van der Waals surface area contributed by atoms with E-state index in [1.54, 1.807) is 0 Å². The van der Waals surface area contributed by atoms with E-state index in [0.29, 0.717) is 0 Å². The van der Waals surface area contributed by atoms with E-state index in [-0.39, 0.29) is 0 Å². The van der Waals surface area contributed by atoms with Gasteiger partial charge in [-0.15, -0.1) is 0 Å². The Hall–Kier alpha value is -3.00. The minimum absolute atomic E-state index is 1.25. The average molecular weight is 244 g/mol. The molecule has 0 spiro atoms. The van der Waals surface area contributed by atoms with Crippen LogP contribution in [0, 0.1) is 63.1 Å². The quantitative estimate of drug-likeness (QED) is 0.372. The van der Waals surface area contributed by atoms with Gasteiger partial charge in [-0.2, -0.15) is 0 Å². The summed E-state index contributed by atoms with van der Waals surface area (Å²) in [6.07, 6.45) is 0. The zero-order valence-corrected chi connectivity index (χ0v) is 6.78. The summed E-state index contributed by atoms with van der Waals surface area (Å²) in [4.78, 5) is 32.0. The van der Waals surface area contributed by atoms with Crippen LogP contribution in [0.4, 0.5) is 0 Å². The van der Waals surface area contributed by atoms with E-state index in [2.05, 4.69) is 0 Å². The number of hydrogen-bond acceptors (Lipinski definition) is 11. The molecule has 0 bridgehead atoms. The Labute approximate surface area is 84.6 Å². The van der Waals surface area contributed by atoms with Crippen molar-refractivity contribution in [1.29, 1.82) is 0 Å². The van der Waals surface area contributed by atoms with Crippen LogP contribution in [0.2, 0.25) is 0 Å². The second-order valence-electron chi connectivity index (χ2n) is 0.928. The third-order valence-electron chi connectivity index (χ3n) is 0. The summed E-state index contributed by atoms with van der Waals surface area (Å²) in [7, 11) is 5.31. The zero-order chi connectivity index (χ0) is 14.3. The second kappa shape index (κ2) is 17.9. The van der Waals surface area contributed by atoms with Crippen LogP contribution < -0.4 is 0 Å². The van der Waals surface area contributed by atoms with Gasteiger partial charge in [-0.3, -0.25) is 0 Å². The van der Waals surface area contributed by atoms with Crippen molar-refractivity contribution in [1.82, 2.24) is 0 Å². The molecular formula is CN4O11. The van der Waals surface area contributed by atoms with Gasteiger partial charge >= 0.3 is 22.1 Å². The van der Waals surface area contributed by atoms with Crippen LogP contribution in [-0.4, -0.2) is 20.2 Å². The maximum atomic E-state index is 8.47. The normalized spacial score (nSPS) is 6.12. The molecule has 0 aliphatic rings. The molecule has 0 amide bonds. The first-order chi connectivity index (χ1) is 6.93. The molecule has 0 radical (unpaired) electrons. The predicted octanol–water partition coefficient (Wildman–Crippen LogP) is -0.909. The first-order valence-corrected chi connectivity index (χ1v) is 2.23. The molecule has 0 N–H and O–H groups in total. The SMILES string of the molecule is O=[N+]([O-])[O-].O=[N+]([O-])[O-].O=[N+]([O-])[O-].[C+3][N+](=O)[O-]. The number of nitro groups is 1. The van der Waals surface area contributed by atoms with Crippen molar-refractivity contribution in [2.24, 2.45) is 0 Å². The van der Waals surface area contributed by atoms with Crippen molar-refractivity contribution in [3.8, 4) is 0 Å². The molecule has 0 aromatic carbocycles. The molecule has 0 saturated carbocycles. The Kier molecular flexibility index (Phi) is 25.9. The molecule has 15 heteroatoms. The van der Waals surface area contributed by atoms with E-state index in [4.69, 9.17) is 63.1 Å². The summed E-state index contributed by atoms with van der Waals surface area (Å²) >= 11 is 0. The van der Waals surface area contributed by atoms with Crippen LogP contribution in [0.1, 0.15) is 0 Å². The van der Waals surface area contributed by atoms with Crippen LogP contribution in [0.25, 0.3) is 0 Å². The van der Waals surface area contributed by atoms with Gasteiger partial charge in [-0.1, -0.05) is 0 Å². The molecule has 0 saturated heterocycles. The van der Waals surface area contributed by atoms with Crippen LogP contribution in [0.5, 0.6) is 0 Å². The van der Waals surface area contributed by atoms with Gasteiger partial charge in [0, 0.05) is 0 Å². The first-order valence-electron chi connectivity index (χ1n) is 2.23. The van der Waals surface area contributed by atoms with Crippen LogP contribution in [0.3, 0.4) is 0 Å². The summed E-state index contributed by atoms with van der Waals surface area (Å²) in [6, 6.07) is 0. The van der Waals surface area contributed by atoms with Gasteiger partial charge in [-0.25, -0.2) is 0 Å². The van der Waals surface area contributed by atoms with E-state index >= 15 is 0 Å². The average Bonchev–Trinajstić information content (AvgIpc) is 1.76. The number of rotatable bonds is 0. The Bertz CT molecular complexity index is 158. The molecule has 0 atom stereocenters. The maximum absolute atomic E-state index is 8.47. The van der Waals surface area contributed by atoms with E-state index in [9.17, 15) is 0 Å². The molecule has 0 aliphatic carbocycles. The Balaban J connectivity index is -0.0000000600. The number of nitrogens with zero attached hydrogens (tertiary/aromatic N) is 4. The van der Waals surface area contributed by atoms with Crippen molar-refractivity contribution in [3.63, 3.8) is 0 Å². The molecule has 16 heavy (non-hydrogen) atoms. The molecule has 0 aliphatic heterocycles. The van der Waals surface area contributed by atoms with Gasteiger partial charge in [0.05, 0.1) is 15.3 Å². The fourth-order valence-corrected chi connectivity index (χ4v) is 0. The molecule has 0 rings (SSSR count). The molecule has 0 fully saturated rings. The second-order valence-corrected chi connectivity index (χ2v) is 0.928. The third-order valence-corrected chi connectivity index (χ3v) is 0. The van der Waals surface area contributed by atoms with Crippen LogP contribution >= 0.6 is 0 Å². The molecule has 0 aromatic rings. The topological polar surface area (TPSA) is 242 Å². The fraction of sp³-hybridized carbons (Fsp3) is 0. The summed E-state index contributed by atoms with van der Waals surface area (Å²) in [5.41, 5.74) is 0. The van der Waals surface area contributed by atoms with Gasteiger partial charge in [0.1, 0.15) is 0 Å². The van der Waals surface area contributed by atoms with Crippen molar-refractivity contribution in [3.05, 3.63) is 63.1 Å². The molecule has 0 unspecified atom stereocenters. The van der Waals surface area contributed by atoms with E-state index in [1.165, 1.54) is 0 Å². The summed E-state index contributed by atoms with van der Waals surface area (Å²) in [5.74, 6) is 0. The van der Waals surface area contributed by atoms with Crippen molar-refractivity contribution >= 4 is 0 Å². The fourth-order valence-electron chi connectivity index (χ4n) is 0. The Morgan fingerprint density at radius 2 is 0.562 bits per heavy atom. The van der Waals surface area contributed by atoms with Crippen molar-refractivity contribution < 1.29 is 20.2 Å². The van der Waals surface area contributed by atoms with E-state index in [1.807, 2.05) is 0 Å². The van der Waals surface area contributed by atoms with Gasteiger partial charge < -0.3 is 46.0 Å². The zero-order valence-electron chi connectivity index (χ0n) is 6.78. The van der Waals surface area contributed by atoms with E-state index < -0.39 is 20.2 Å². The molecule has 15 nitrogen and oxygen atoms in total. The molecule has 0 aromatic heterocycles. The van der Waals surface area contributed by atoms with Gasteiger partial charge in [0.25, 0.3) is 0 Å². The van der Waals surface area contributed by atoms with Crippen LogP contribution in [0.15, 0.2) is 0 Å². The molecular weight excluding hydrogens is 244 g/mol. The number of hydrogen-bond donors (Lipinski definition) is 0. The Morgan fingerprint density at radius 3 is 0.562 bits per heavy atom. The van der Waals surface area contributed by atoms with Crippen molar-refractivity contribution in [2.45, 2.75) is 0 Å². The van der Waals surface area contributed by atoms with Gasteiger partial charge in [0.15, 0.2) is 0 Å².